The van der Waals surface area contributed by atoms with Crippen LogP contribution in [0.2, 0.25) is 0 Å². The Morgan fingerprint density at radius 3 is 2.50 bits per heavy atom. The van der Waals surface area contributed by atoms with Crippen LogP contribution >= 0.6 is 0 Å². The van der Waals surface area contributed by atoms with E-state index in [2.05, 4.69) is 10.6 Å². The lowest BCUT2D eigenvalue weighted by atomic mass is 9.72. The second-order valence-electron chi connectivity index (χ2n) is 7.68. The van der Waals surface area contributed by atoms with Crippen LogP contribution in [0.1, 0.15) is 49.2 Å². The van der Waals surface area contributed by atoms with Crippen LogP contribution in [0.15, 0.2) is 54.6 Å². The molecule has 6 heteroatoms. The summed E-state index contributed by atoms with van der Waals surface area (Å²) in [6.07, 6.45) is 1.44. The van der Waals surface area contributed by atoms with E-state index in [1.165, 1.54) is 0 Å². The van der Waals surface area contributed by atoms with Crippen molar-refractivity contribution in [1.29, 1.82) is 0 Å². The van der Waals surface area contributed by atoms with Gasteiger partial charge in [-0.15, -0.1) is 0 Å². The summed E-state index contributed by atoms with van der Waals surface area (Å²) in [6, 6.07) is 17.2. The molecule has 2 N–H and O–H groups in total. The van der Waals surface area contributed by atoms with Crippen molar-refractivity contribution in [3.63, 3.8) is 0 Å². The minimum Gasteiger partial charge on any atom is -0.337 e. The zero-order valence-electron chi connectivity index (χ0n) is 17.2. The number of aryl methyl sites for hydroxylation is 1. The maximum atomic E-state index is 12.9. The molecule has 0 saturated carbocycles. The zero-order valence-corrected chi connectivity index (χ0v) is 17.2. The first-order valence-corrected chi connectivity index (χ1v) is 10.3. The van der Waals surface area contributed by atoms with Crippen LogP contribution in [0.3, 0.4) is 0 Å². The van der Waals surface area contributed by atoms with E-state index < -0.39 is 5.41 Å². The van der Waals surface area contributed by atoms with E-state index in [0.717, 1.165) is 16.5 Å². The van der Waals surface area contributed by atoms with Gasteiger partial charge in [0.05, 0.1) is 5.41 Å². The molecule has 0 aliphatic carbocycles. The van der Waals surface area contributed by atoms with Crippen molar-refractivity contribution in [1.82, 2.24) is 9.88 Å². The Hall–Kier alpha value is -3.41. The molecule has 2 heterocycles. The van der Waals surface area contributed by atoms with E-state index in [1.54, 1.807) is 0 Å². The zero-order chi connectivity index (χ0) is 21.3. The molecule has 1 fully saturated rings. The number of piperidine rings is 1. The predicted molar refractivity (Wildman–Crippen MR) is 116 cm³/mol. The number of benzene rings is 2. The van der Waals surface area contributed by atoms with E-state index in [9.17, 15) is 14.4 Å². The molecule has 30 heavy (non-hydrogen) atoms. The van der Waals surface area contributed by atoms with Crippen molar-refractivity contribution in [2.75, 3.05) is 5.32 Å². The Bertz CT molecular complexity index is 1130. The van der Waals surface area contributed by atoms with Gasteiger partial charge in [-0.3, -0.25) is 19.7 Å². The fraction of sp³-hybridized carbons (Fsp3) is 0.292. The van der Waals surface area contributed by atoms with E-state index in [4.69, 9.17) is 0 Å². The molecule has 1 aromatic heterocycles. The van der Waals surface area contributed by atoms with Crippen LogP contribution in [0, 0.1) is 0 Å². The van der Waals surface area contributed by atoms with Crippen LogP contribution in [0.4, 0.5) is 5.69 Å². The van der Waals surface area contributed by atoms with Gasteiger partial charge in [0.1, 0.15) is 5.69 Å². The molecule has 1 unspecified atom stereocenters. The third-order valence-electron chi connectivity index (χ3n) is 6.12. The highest BCUT2D eigenvalue weighted by Crippen LogP contribution is 2.36. The number of aromatic nitrogens is 1. The van der Waals surface area contributed by atoms with Gasteiger partial charge in [0.15, 0.2) is 0 Å². The Labute approximate surface area is 175 Å². The quantitative estimate of drug-likeness (QED) is 0.632. The summed E-state index contributed by atoms with van der Waals surface area (Å²) in [6.45, 7) is 4.67. The number of carbonyl (C=O) groups excluding carboxylic acids is 3. The summed E-state index contributed by atoms with van der Waals surface area (Å²) < 4.78 is 1.99. The number of rotatable bonds is 5. The van der Waals surface area contributed by atoms with Crippen LogP contribution in [0.25, 0.3) is 10.9 Å². The Morgan fingerprint density at radius 2 is 1.83 bits per heavy atom. The second kappa shape index (κ2) is 7.78. The van der Waals surface area contributed by atoms with Gasteiger partial charge in [0.2, 0.25) is 11.8 Å². The second-order valence-corrected chi connectivity index (χ2v) is 7.68. The lowest BCUT2D eigenvalue weighted by molar-refractivity contribution is -0.138. The molecule has 3 aromatic rings. The van der Waals surface area contributed by atoms with Gasteiger partial charge in [0, 0.05) is 29.6 Å². The molecule has 6 nitrogen and oxygen atoms in total. The number of hydrogen-bond acceptors (Lipinski definition) is 3. The van der Waals surface area contributed by atoms with E-state index in [0.29, 0.717) is 37.2 Å². The van der Waals surface area contributed by atoms with E-state index in [-0.39, 0.29) is 17.7 Å². The van der Waals surface area contributed by atoms with Crippen LogP contribution in [0.5, 0.6) is 0 Å². The summed E-state index contributed by atoms with van der Waals surface area (Å²) in [5.74, 6) is -0.642. The number of nitrogens with zero attached hydrogens (tertiary/aromatic N) is 1. The average Bonchev–Trinajstić information content (AvgIpc) is 3.14. The summed E-state index contributed by atoms with van der Waals surface area (Å²) in [5, 5.41) is 6.45. The molecule has 1 saturated heterocycles. The van der Waals surface area contributed by atoms with Crippen LogP contribution < -0.4 is 10.6 Å². The van der Waals surface area contributed by atoms with Gasteiger partial charge in [-0.05, 0) is 49.6 Å². The number of para-hydroxylation sites is 1. The molecule has 154 valence electrons. The number of amides is 3. The average molecular weight is 403 g/mol. The highest BCUT2D eigenvalue weighted by atomic mass is 16.2. The molecule has 1 aliphatic rings. The van der Waals surface area contributed by atoms with Crippen LogP contribution in [-0.2, 0) is 21.5 Å². The topological polar surface area (TPSA) is 80.2 Å². The summed E-state index contributed by atoms with van der Waals surface area (Å²) in [7, 11) is 0. The summed E-state index contributed by atoms with van der Waals surface area (Å²) in [5.41, 5.74) is 2.46. The molecule has 0 bridgehead atoms. The lowest BCUT2D eigenvalue weighted by Crippen LogP contribution is -2.51. The lowest BCUT2D eigenvalue weighted by Gasteiger charge is -2.35. The van der Waals surface area contributed by atoms with Crippen molar-refractivity contribution in [3.8, 4) is 0 Å². The van der Waals surface area contributed by atoms with Crippen molar-refractivity contribution in [2.45, 2.75) is 45.1 Å². The van der Waals surface area contributed by atoms with Crippen LogP contribution in [-0.4, -0.2) is 22.3 Å². The fourth-order valence-corrected chi connectivity index (χ4v) is 4.37. The maximum absolute atomic E-state index is 12.9. The first-order chi connectivity index (χ1) is 14.5. The molecular weight excluding hydrogens is 378 g/mol. The molecule has 4 rings (SSSR count). The van der Waals surface area contributed by atoms with Crippen molar-refractivity contribution in [2.24, 2.45) is 0 Å². The minimum absolute atomic E-state index is 0.174. The standard InChI is InChI=1S/C24H25N3O3/c1-3-24(14-13-21(28)26-23(24)30)17-9-11-18(12-10-17)25-22(29)20-15-16-7-5-6-8-19(16)27(20)4-2/h5-12,15H,3-4,13-14H2,1-2H3,(H,25,29)(H,26,28,30). The highest BCUT2D eigenvalue weighted by Gasteiger charge is 2.42. The Kier molecular flexibility index (Phi) is 5.16. The third kappa shape index (κ3) is 3.28. The normalized spacial score (nSPS) is 19.0. The Balaban J connectivity index is 1.58. The molecular formula is C24H25N3O3. The highest BCUT2D eigenvalue weighted by molar-refractivity contribution is 6.06. The first kappa shape index (κ1) is 19.9. The van der Waals surface area contributed by atoms with Gasteiger partial charge < -0.3 is 9.88 Å². The number of imide groups is 1. The largest absolute Gasteiger partial charge is 0.337 e. The monoisotopic (exact) mass is 403 g/mol. The molecule has 0 spiro atoms. The molecule has 2 aromatic carbocycles. The number of carbonyl (C=O) groups is 3. The van der Waals surface area contributed by atoms with E-state index >= 15 is 0 Å². The van der Waals surface area contributed by atoms with Gasteiger partial charge >= 0.3 is 0 Å². The third-order valence-corrected chi connectivity index (χ3v) is 6.12. The van der Waals surface area contributed by atoms with Gasteiger partial charge in [0.25, 0.3) is 5.91 Å². The number of nitrogens with one attached hydrogen (secondary N) is 2. The number of anilines is 1. The SMILES string of the molecule is CCn1c(C(=O)Nc2ccc(C3(CC)CCC(=O)NC3=O)cc2)cc2ccccc21. The minimum atomic E-state index is -0.703. The molecule has 0 radical (unpaired) electrons. The smallest absolute Gasteiger partial charge is 0.272 e. The van der Waals surface area contributed by atoms with Gasteiger partial charge in [-0.1, -0.05) is 37.3 Å². The summed E-state index contributed by atoms with van der Waals surface area (Å²) >= 11 is 0. The number of fused-ring (bicyclic) bond motifs is 1. The molecule has 1 atom stereocenters. The van der Waals surface area contributed by atoms with Crippen molar-refractivity contribution in [3.05, 3.63) is 65.9 Å². The number of hydrogen-bond donors (Lipinski definition) is 2. The predicted octanol–water partition coefficient (Wildman–Crippen LogP) is 4.00. The van der Waals surface area contributed by atoms with Gasteiger partial charge in [-0.2, -0.15) is 0 Å². The fourth-order valence-electron chi connectivity index (χ4n) is 4.37. The van der Waals surface area contributed by atoms with Gasteiger partial charge in [-0.25, -0.2) is 0 Å². The van der Waals surface area contributed by atoms with Crippen molar-refractivity contribution >= 4 is 34.3 Å². The van der Waals surface area contributed by atoms with Crippen molar-refractivity contribution < 1.29 is 14.4 Å². The maximum Gasteiger partial charge on any atom is 0.272 e. The van der Waals surface area contributed by atoms with E-state index in [1.807, 2.05) is 73.0 Å². The molecule has 3 amide bonds. The Morgan fingerprint density at radius 1 is 1.10 bits per heavy atom. The molecule has 1 aliphatic heterocycles. The first-order valence-electron chi connectivity index (χ1n) is 10.3. The summed E-state index contributed by atoms with van der Waals surface area (Å²) in [4.78, 5) is 37.0.